The maximum Gasteiger partial charge on any atom is 0.335 e. The summed E-state index contributed by atoms with van der Waals surface area (Å²) in [6.45, 7) is 8.34. The van der Waals surface area contributed by atoms with Crippen molar-refractivity contribution in [3.05, 3.63) is 21.4 Å². The highest BCUT2D eigenvalue weighted by atomic mass is 32.1. The van der Waals surface area contributed by atoms with Crippen LogP contribution in [0.3, 0.4) is 0 Å². The lowest BCUT2D eigenvalue weighted by Crippen LogP contribution is -2.52. The second-order valence-corrected chi connectivity index (χ2v) is 7.28. The van der Waals surface area contributed by atoms with Crippen LogP contribution in [0.5, 0.6) is 0 Å². The number of carbonyl (C=O) groups is 2. The van der Waals surface area contributed by atoms with Gasteiger partial charge in [-0.15, -0.1) is 11.3 Å². The number of morpholine rings is 1. The normalized spacial score (nSPS) is 22.9. The monoisotopic (exact) mass is 311 g/mol. The van der Waals surface area contributed by atoms with Crippen LogP contribution in [0.25, 0.3) is 0 Å². The zero-order valence-electron chi connectivity index (χ0n) is 12.8. The van der Waals surface area contributed by atoms with Gasteiger partial charge in [0.25, 0.3) is 0 Å². The Morgan fingerprint density at radius 1 is 1.52 bits per heavy atom. The van der Waals surface area contributed by atoms with Gasteiger partial charge >= 0.3 is 5.97 Å². The lowest BCUT2D eigenvalue weighted by atomic mass is 9.97. The van der Waals surface area contributed by atoms with Gasteiger partial charge in [0, 0.05) is 16.3 Å². The van der Waals surface area contributed by atoms with Gasteiger partial charge in [0.1, 0.15) is 6.61 Å². The van der Waals surface area contributed by atoms with Crippen LogP contribution in [0.1, 0.15) is 35.2 Å². The number of hydrogen-bond acceptors (Lipinski definition) is 4. The third kappa shape index (κ3) is 3.27. The summed E-state index contributed by atoms with van der Waals surface area (Å²) in [5, 5.41) is 9.45. The van der Waals surface area contributed by atoms with E-state index in [9.17, 15) is 14.7 Å². The number of carboxylic acids is 1. The highest BCUT2D eigenvalue weighted by Crippen LogP contribution is 2.36. The van der Waals surface area contributed by atoms with Crippen LogP contribution < -0.4 is 0 Å². The predicted molar refractivity (Wildman–Crippen MR) is 80.5 cm³/mol. The van der Waals surface area contributed by atoms with Crippen molar-refractivity contribution in [2.24, 2.45) is 5.92 Å². The van der Waals surface area contributed by atoms with Gasteiger partial charge in [-0.1, -0.05) is 13.8 Å². The topological polar surface area (TPSA) is 66.8 Å². The molecule has 1 N–H and O–H groups in total. The molecule has 21 heavy (non-hydrogen) atoms. The van der Waals surface area contributed by atoms with Gasteiger partial charge < -0.3 is 14.7 Å². The van der Waals surface area contributed by atoms with Gasteiger partial charge in [-0.25, -0.2) is 4.79 Å². The van der Waals surface area contributed by atoms with Crippen LogP contribution in [-0.2, 0) is 14.3 Å². The molecule has 0 radical (unpaired) electrons. The average molecular weight is 311 g/mol. The van der Waals surface area contributed by atoms with Crippen molar-refractivity contribution in [2.75, 3.05) is 13.2 Å². The number of rotatable bonds is 4. The Bertz CT molecular complexity index is 552. The Morgan fingerprint density at radius 3 is 2.67 bits per heavy atom. The van der Waals surface area contributed by atoms with E-state index in [0.717, 1.165) is 15.3 Å². The number of aryl methyl sites for hydroxylation is 2. The van der Waals surface area contributed by atoms with Crippen molar-refractivity contribution in [2.45, 2.75) is 39.8 Å². The molecule has 5 nitrogen and oxygen atoms in total. The van der Waals surface area contributed by atoms with E-state index in [1.54, 1.807) is 16.2 Å². The highest BCUT2D eigenvalue weighted by molar-refractivity contribution is 7.12. The van der Waals surface area contributed by atoms with Crippen molar-refractivity contribution < 1.29 is 19.4 Å². The molecule has 1 amide bonds. The molecule has 1 aromatic heterocycles. The number of aliphatic carboxylic acids is 1. The first kappa shape index (κ1) is 16.0. The minimum absolute atomic E-state index is 0.144. The second-order valence-electron chi connectivity index (χ2n) is 5.82. The lowest BCUT2D eigenvalue weighted by Gasteiger charge is -2.40. The van der Waals surface area contributed by atoms with E-state index >= 15 is 0 Å². The molecule has 0 aromatic carbocycles. The third-order valence-electron chi connectivity index (χ3n) is 3.53. The molecule has 0 aliphatic carbocycles. The van der Waals surface area contributed by atoms with Crippen molar-refractivity contribution in [3.63, 3.8) is 0 Å². The summed E-state index contributed by atoms with van der Waals surface area (Å²) >= 11 is 1.61. The molecule has 2 unspecified atom stereocenters. The molecular weight excluding hydrogens is 290 g/mol. The summed E-state index contributed by atoms with van der Waals surface area (Å²) in [6, 6.07) is 1.42. The van der Waals surface area contributed by atoms with Crippen LogP contribution in [0.15, 0.2) is 6.07 Å². The average Bonchev–Trinajstić information content (AvgIpc) is 2.69. The largest absolute Gasteiger partial charge is 0.479 e. The number of carboxylic acid groups (broad SMARTS) is 1. The summed E-state index contributed by atoms with van der Waals surface area (Å²) < 4.78 is 5.31. The Balaban J connectivity index is 2.46. The summed E-state index contributed by atoms with van der Waals surface area (Å²) in [5.41, 5.74) is 0.888. The molecule has 1 saturated heterocycles. The number of nitrogens with zero attached hydrogens (tertiary/aromatic N) is 1. The van der Waals surface area contributed by atoms with E-state index < -0.39 is 18.1 Å². The van der Waals surface area contributed by atoms with Gasteiger partial charge in [-0.3, -0.25) is 4.79 Å². The standard InChI is InChI=1S/C15H21NO4S/c1-8(2)6-16-12(17)7-20-14(15(18)19)13(16)11-5-9(3)21-10(11)4/h5,8,13-14H,6-7H2,1-4H3,(H,18,19). The Morgan fingerprint density at radius 2 is 2.19 bits per heavy atom. The van der Waals surface area contributed by atoms with Gasteiger partial charge in [0.05, 0.1) is 6.04 Å². The first-order valence-electron chi connectivity index (χ1n) is 7.02. The third-order valence-corrected chi connectivity index (χ3v) is 4.51. The second kappa shape index (κ2) is 6.15. The van der Waals surface area contributed by atoms with Crippen LogP contribution in [0.4, 0.5) is 0 Å². The number of hydrogen-bond donors (Lipinski definition) is 1. The number of thiophene rings is 1. The molecule has 0 bridgehead atoms. The lowest BCUT2D eigenvalue weighted by molar-refractivity contribution is -0.173. The van der Waals surface area contributed by atoms with Crippen LogP contribution in [0, 0.1) is 19.8 Å². The SMILES string of the molecule is Cc1cc(C2C(C(=O)O)OCC(=O)N2CC(C)C)c(C)s1. The maximum absolute atomic E-state index is 12.2. The van der Waals surface area contributed by atoms with Crippen molar-refractivity contribution >= 4 is 23.2 Å². The molecule has 6 heteroatoms. The molecule has 2 heterocycles. The summed E-state index contributed by atoms with van der Waals surface area (Å²) in [7, 11) is 0. The Kier molecular flexibility index (Phi) is 4.68. The zero-order chi connectivity index (χ0) is 15.7. The molecule has 116 valence electrons. The molecule has 2 rings (SSSR count). The maximum atomic E-state index is 12.2. The van der Waals surface area contributed by atoms with Crippen LogP contribution in [0.2, 0.25) is 0 Å². The van der Waals surface area contributed by atoms with Gasteiger partial charge in [0.2, 0.25) is 5.91 Å². The summed E-state index contributed by atoms with van der Waals surface area (Å²) in [6.07, 6.45) is -1.01. The molecule has 0 spiro atoms. The van der Waals surface area contributed by atoms with E-state index in [2.05, 4.69) is 0 Å². The van der Waals surface area contributed by atoms with Crippen molar-refractivity contribution in [3.8, 4) is 0 Å². The van der Waals surface area contributed by atoms with Crippen LogP contribution >= 0.6 is 11.3 Å². The van der Waals surface area contributed by atoms with E-state index in [4.69, 9.17) is 4.74 Å². The minimum Gasteiger partial charge on any atom is -0.479 e. The van der Waals surface area contributed by atoms with Crippen LogP contribution in [-0.4, -0.2) is 41.1 Å². The number of amides is 1. The fourth-order valence-corrected chi connectivity index (χ4v) is 3.71. The predicted octanol–water partition coefficient (Wildman–Crippen LogP) is 2.37. The van der Waals surface area contributed by atoms with E-state index in [-0.39, 0.29) is 18.4 Å². The van der Waals surface area contributed by atoms with Gasteiger partial charge in [-0.05, 0) is 31.4 Å². The van der Waals surface area contributed by atoms with Gasteiger partial charge in [-0.2, -0.15) is 0 Å². The quantitative estimate of drug-likeness (QED) is 0.927. The van der Waals surface area contributed by atoms with Crippen molar-refractivity contribution in [1.82, 2.24) is 4.90 Å². The molecule has 1 aliphatic heterocycles. The van der Waals surface area contributed by atoms with E-state index in [1.165, 1.54) is 0 Å². The molecule has 1 fully saturated rings. The van der Waals surface area contributed by atoms with Gasteiger partial charge in [0.15, 0.2) is 6.10 Å². The first-order chi connectivity index (χ1) is 9.81. The molecule has 2 atom stereocenters. The first-order valence-corrected chi connectivity index (χ1v) is 7.83. The Hall–Kier alpha value is -1.40. The van der Waals surface area contributed by atoms with Crippen molar-refractivity contribution in [1.29, 1.82) is 0 Å². The number of ether oxygens (including phenoxy) is 1. The van der Waals surface area contributed by atoms with E-state index in [0.29, 0.717) is 6.54 Å². The fourth-order valence-electron chi connectivity index (χ4n) is 2.74. The van der Waals surface area contributed by atoms with E-state index in [1.807, 2.05) is 33.8 Å². The summed E-state index contributed by atoms with van der Waals surface area (Å²) in [5.74, 6) is -0.900. The molecule has 0 saturated carbocycles. The molecular formula is C15H21NO4S. The minimum atomic E-state index is -1.02. The number of carbonyl (C=O) groups excluding carboxylic acids is 1. The Labute approximate surface area is 128 Å². The smallest absolute Gasteiger partial charge is 0.335 e. The molecule has 1 aliphatic rings. The zero-order valence-corrected chi connectivity index (χ0v) is 13.6. The molecule has 1 aromatic rings. The summed E-state index contributed by atoms with van der Waals surface area (Å²) in [4.78, 5) is 27.6. The highest BCUT2D eigenvalue weighted by Gasteiger charge is 2.42. The fraction of sp³-hybridized carbons (Fsp3) is 0.600.